The fourth-order valence-corrected chi connectivity index (χ4v) is 2.13. The third kappa shape index (κ3) is 3.27. The number of nitrogens with one attached hydrogen (secondary N) is 1. The molecule has 24 heavy (non-hydrogen) atoms. The summed E-state index contributed by atoms with van der Waals surface area (Å²) >= 11 is 0. The predicted octanol–water partition coefficient (Wildman–Crippen LogP) is 2.52. The number of anilines is 1. The fourth-order valence-electron chi connectivity index (χ4n) is 2.13. The molecule has 0 saturated carbocycles. The zero-order chi connectivity index (χ0) is 17.1. The molecule has 0 aromatic carbocycles. The van der Waals surface area contributed by atoms with Crippen LogP contribution in [-0.2, 0) is 0 Å². The van der Waals surface area contributed by atoms with E-state index in [2.05, 4.69) is 20.4 Å². The number of carbonyl (C=O) groups excluding carboxylic acids is 1. The maximum absolute atomic E-state index is 12.3. The van der Waals surface area contributed by atoms with Crippen molar-refractivity contribution >= 4 is 11.7 Å². The summed E-state index contributed by atoms with van der Waals surface area (Å²) in [6, 6.07) is 5.53. The van der Waals surface area contributed by atoms with Crippen LogP contribution in [0.2, 0.25) is 0 Å². The highest BCUT2D eigenvalue weighted by atomic mass is 16.6. The van der Waals surface area contributed by atoms with E-state index >= 15 is 0 Å². The maximum Gasteiger partial charge on any atom is 0.394 e. The Balaban J connectivity index is 1.86. The molecule has 3 aromatic rings. The van der Waals surface area contributed by atoms with Crippen LogP contribution in [0.3, 0.4) is 0 Å². The molecule has 1 amide bonds. The van der Waals surface area contributed by atoms with Gasteiger partial charge in [0.1, 0.15) is 12.1 Å². The summed E-state index contributed by atoms with van der Waals surface area (Å²) < 4.78 is 11.8. The summed E-state index contributed by atoms with van der Waals surface area (Å²) in [4.78, 5) is 20.6. The van der Waals surface area contributed by atoms with Crippen LogP contribution in [0.1, 0.15) is 28.7 Å². The highest BCUT2D eigenvalue weighted by Gasteiger charge is 2.17. The van der Waals surface area contributed by atoms with Crippen molar-refractivity contribution in [2.24, 2.45) is 0 Å². The minimum Gasteiger partial charge on any atom is -0.450 e. The minimum atomic E-state index is -0.418. The van der Waals surface area contributed by atoms with E-state index in [0.717, 1.165) is 11.3 Å². The van der Waals surface area contributed by atoms with Gasteiger partial charge in [-0.25, -0.2) is 4.98 Å². The first-order valence-electron chi connectivity index (χ1n) is 7.46. The molecule has 0 bridgehead atoms. The van der Waals surface area contributed by atoms with Gasteiger partial charge in [-0.15, -0.1) is 0 Å². The van der Waals surface area contributed by atoms with Crippen LogP contribution in [0.4, 0.5) is 5.82 Å². The molecule has 0 aliphatic rings. The number of rotatable bonds is 5. The number of aryl methyl sites for hydroxylation is 2. The lowest BCUT2D eigenvalue weighted by atomic mass is 10.3. The first-order valence-corrected chi connectivity index (χ1v) is 7.46. The SMILES string of the molecule is CCOc1nc(C(=O)Nc2cc(C)nn2-c2cc(C)ccn2)co1. The second kappa shape index (κ2) is 6.53. The van der Waals surface area contributed by atoms with Gasteiger partial charge in [-0.05, 0) is 38.5 Å². The van der Waals surface area contributed by atoms with Crippen LogP contribution in [0.5, 0.6) is 6.08 Å². The van der Waals surface area contributed by atoms with Crippen molar-refractivity contribution in [1.82, 2.24) is 19.7 Å². The van der Waals surface area contributed by atoms with Crippen molar-refractivity contribution in [3.05, 3.63) is 47.6 Å². The summed E-state index contributed by atoms with van der Waals surface area (Å²) in [6.07, 6.45) is 3.01. The number of carbonyl (C=O) groups is 1. The normalized spacial score (nSPS) is 10.6. The molecular formula is C16H17N5O3. The average Bonchev–Trinajstić information content (AvgIpc) is 3.14. The number of ether oxygens (including phenoxy) is 1. The van der Waals surface area contributed by atoms with E-state index in [4.69, 9.17) is 9.15 Å². The third-order valence-corrected chi connectivity index (χ3v) is 3.17. The first kappa shape index (κ1) is 15.7. The molecule has 0 atom stereocenters. The molecule has 0 spiro atoms. The molecule has 3 aromatic heterocycles. The summed E-state index contributed by atoms with van der Waals surface area (Å²) in [5, 5.41) is 7.14. The first-order chi connectivity index (χ1) is 11.6. The van der Waals surface area contributed by atoms with Crippen molar-refractivity contribution in [3.63, 3.8) is 0 Å². The Kier molecular flexibility index (Phi) is 4.28. The molecule has 0 unspecified atom stereocenters. The van der Waals surface area contributed by atoms with Crippen molar-refractivity contribution < 1.29 is 13.9 Å². The molecule has 3 rings (SSSR count). The molecule has 0 radical (unpaired) electrons. The van der Waals surface area contributed by atoms with Gasteiger partial charge in [0, 0.05) is 12.3 Å². The van der Waals surface area contributed by atoms with Crippen LogP contribution in [0.15, 0.2) is 35.1 Å². The zero-order valence-electron chi connectivity index (χ0n) is 13.6. The van der Waals surface area contributed by atoms with Crippen molar-refractivity contribution in [2.75, 3.05) is 11.9 Å². The van der Waals surface area contributed by atoms with E-state index in [-0.39, 0.29) is 11.8 Å². The van der Waals surface area contributed by atoms with Crippen molar-refractivity contribution in [2.45, 2.75) is 20.8 Å². The Morgan fingerprint density at radius 2 is 2.21 bits per heavy atom. The Labute approximate surface area is 138 Å². The van der Waals surface area contributed by atoms with E-state index < -0.39 is 5.91 Å². The summed E-state index contributed by atoms with van der Waals surface area (Å²) in [5.41, 5.74) is 1.92. The van der Waals surface area contributed by atoms with Gasteiger partial charge in [-0.2, -0.15) is 14.8 Å². The minimum absolute atomic E-state index is 0.0627. The average molecular weight is 327 g/mol. The van der Waals surface area contributed by atoms with E-state index in [1.54, 1.807) is 23.9 Å². The number of oxazole rings is 1. The fraction of sp³-hybridized carbons (Fsp3) is 0.250. The molecule has 1 N–H and O–H groups in total. The number of nitrogens with zero attached hydrogens (tertiary/aromatic N) is 4. The molecule has 0 fully saturated rings. The Morgan fingerprint density at radius 1 is 1.38 bits per heavy atom. The summed E-state index contributed by atoms with van der Waals surface area (Å²) in [6.45, 7) is 6.02. The summed E-state index contributed by atoms with van der Waals surface area (Å²) in [5.74, 6) is 0.698. The second-order valence-electron chi connectivity index (χ2n) is 5.16. The van der Waals surface area contributed by atoms with E-state index in [1.165, 1.54) is 6.26 Å². The third-order valence-electron chi connectivity index (χ3n) is 3.17. The molecule has 8 heteroatoms. The highest BCUT2D eigenvalue weighted by Crippen LogP contribution is 2.18. The summed E-state index contributed by atoms with van der Waals surface area (Å²) in [7, 11) is 0. The molecule has 8 nitrogen and oxygen atoms in total. The van der Waals surface area contributed by atoms with Gasteiger partial charge in [-0.3, -0.25) is 4.79 Å². The molecule has 0 saturated heterocycles. The maximum atomic E-state index is 12.3. The van der Waals surface area contributed by atoms with Gasteiger partial charge in [0.15, 0.2) is 11.5 Å². The lowest BCUT2D eigenvalue weighted by molar-refractivity contribution is 0.102. The highest BCUT2D eigenvalue weighted by molar-refractivity contribution is 6.02. The van der Waals surface area contributed by atoms with Gasteiger partial charge in [0.2, 0.25) is 0 Å². The topological polar surface area (TPSA) is 95.1 Å². The monoisotopic (exact) mass is 327 g/mol. The molecule has 0 aliphatic carbocycles. The molecule has 3 heterocycles. The van der Waals surface area contributed by atoms with Crippen LogP contribution < -0.4 is 10.1 Å². The number of aromatic nitrogens is 4. The Morgan fingerprint density at radius 3 is 2.96 bits per heavy atom. The van der Waals surface area contributed by atoms with Gasteiger partial charge in [0.25, 0.3) is 5.91 Å². The van der Waals surface area contributed by atoms with Gasteiger partial charge >= 0.3 is 6.08 Å². The Bertz CT molecular complexity index is 868. The molecule has 124 valence electrons. The van der Waals surface area contributed by atoms with E-state index in [1.807, 2.05) is 26.0 Å². The van der Waals surface area contributed by atoms with E-state index in [9.17, 15) is 4.79 Å². The number of pyridine rings is 1. The number of hydrogen-bond donors (Lipinski definition) is 1. The predicted molar refractivity (Wildman–Crippen MR) is 86.5 cm³/mol. The number of hydrogen-bond acceptors (Lipinski definition) is 6. The molecular weight excluding hydrogens is 310 g/mol. The van der Waals surface area contributed by atoms with Crippen LogP contribution >= 0.6 is 0 Å². The van der Waals surface area contributed by atoms with Crippen molar-refractivity contribution in [1.29, 1.82) is 0 Å². The standard InChI is InChI=1S/C16H17N5O3/c1-4-23-16-18-12(9-24-16)15(22)19-14-8-11(3)20-21(14)13-7-10(2)5-6-17-13/h5-9H,4H2,1-3H3,(H,19,22). The quantitative estimate of drug-likeness (QED) is 0.773. The lowest BCUT2D eigenvalue weighted by Gasteiger charge is -2.07. The smallest absolute Gasteiger partial charge is 0.394 e. The van der Waals surface area contributed by atoms with Gasteiger partial charge in [0.05, 0.1) is 12.3 Å². The van der Waals surface area contributed by atoms with E-state index in [0.29, 0.717) is 18.2 Å². The van der Waals surface area contributed by atoms with Crippen LogP contribution in [-0.4, -0.2) is 32.3 Å². The zero-order valence-corrected chi connectivity index (χ0v) is 13.6. The largest absolute Gasteiger partial charge is 0.450 e. The van der Waals surface area contributed by atoms with Gasteiger partial charge in [-0.1, -0.05) is 0 Å². The lowest BCUT2D eigenvalue weighted by Crippen LogP contribution is -2.16. The van der Waals surface area contributed by atoms with Gasteiger partial charge < -0.3 is 14.5 Å². The van der Waals surface area contributed by atoms with Crippen molar-refractivity contribution in [3.8, 4) is 11.9 Å². The molecule has 0 aliphatic heterocycles. The number of amides is 1. The van der Waals surface area contributed by atoms with Crippen LogP contribution in [0.25, 0.3) is 5.82 Å². The van der Waals surface area contributed by atoms with Crippen LogP contribution in [0, 0.1) is 13.8 Å². The Hall–Kier alpha value is -3.16. The second-order valence-corrected chi connectivity index (χ2v) is 5.16.